The SMILES string of the molecule is CCC(c1ccccn1)N(C)C(=O)c1[nH]c2ccc(Cl)cc2c1C. The first-order valence-corrected chi connectivity index (χ1v) is 8.36. The van der Waals surface area contributed by atoms with Crippen LogP contribution in [-0.4, -0.2) is 27.8 Å². The van der Waals surface area contributed by atoms with E-state index in [1.807, 2.05) is 50.4 Å². The van der Waals surface area contributed by atoms with Gasteiger partial charge in [-0.15, -0.1) is 0 Å². The molecule has 0 saturated carbocycles. The van der Waals surface area contributed by atoms with Gasteiger partial charge in [0, 0.05) is 29.2 Å². The van der Waals surface area contributed by atoms with Crippen molar-refractivity contribution in [2.75, 3.05) is 7.05 Å². The van der Waals surface area contributed by atoms with Gasteiger partial charge in [0.15, 0.2) is 0 Å². The molecule has 2 heterocycles. The average Bonchev–Trinajstić information content (AvgIpc) is 2.92. The molecule has 0 aliphatic rings. The van der Waals surface area contributed by atoms with Gasteiger partial charge in [-0.2, -0.15) is 0 Å². The molecule has 0 fully saturated rings. The Morgan fingerprint density at radius 3 is 2.79 bits per heavy atom. The van der Waals surface area contributed by atoms with Gasteiger partial charge in [0.05, 0.1) is 11.7 Å². The third kappa shape index (κ3) is 2.89. The van der Waals surface area contributed by atoms with E-state index in [1.54, 1.807) is 11.1 Å². The molecule has 1 unspecified atom stereocenters. The van der Waals surface area contributed by atoms with Crippen molar-refractivity contribution in [1.29, 1.82) is 0 Å². The Hall–Kier alpha value is -2.33. The number of carbonyl (C=O) groups excluding carboxylic acids is 1. The largest absolute Gasteiger partial charge is 0.350 e. The molecule has 4 nitrogen and oxygen atoms in total. The first-order valence-electron chi connectivity index (χ1n) is 7.98. The minimum atomic E-state index is -0.0619. The highest BCUT2D eigenvalue weighted by Gasteiger charge is 2.25. The smallest absolute Gasteiger partial charge is 0.270 e. The van der Waals surface area contributed by atoms with E-state index < -0.39 is 0 Å². The fourth-order valence-electron chi connectivity index (χ4n) is 3.09. The summed E-state index contributed by atoms with van der Waals surface area (Å²) < 4.78 is 0. The molecule has 124 valence electrons. The number of aromatic amines is 1. The third-order valence-corrected chi connectivity index (χ3v) is 4.67. The number of H-pyrrole nitrogens is 1. The van der Waals surface area contributed by atoms with E-state index >= 15 is 0 Å². The van der Waals surface area contributed by atoms with Crippen molar-refractivity contribution < 1.29 is 4.79 Å². The summed E-state index contributed by atoms with van der Waals surface area (Å²) in [6, 6.07) is 11.3. The van der Waals surface area contributed by atoms with Gasteiger partial charge in [0.25, 0.3) is 5.91 Å². The molecule has 24 heavy (non-hydrogen) atoms. The molecular formula is C19H20ClN3O. The molecule has 1 amide bonds. The predicted octanol–water partition coefficient (Wildman–Crippen LogP) is 4.75. The highest BCUT2D eigenvalue weighted by Crippen LogP contribution is 2.28. The van der Waals surface area contributed by atoms with Crippen molar-refractivity contribution in [2.45, 2.75) is 26.3 Å². The minimum absolute atomic E-state index is 0.0441. The number of halogens is 1. The number of fused-ring (bicyclic) bond motifs is 1. The second kappa shape index (κ2) is 6.65. The standard InChI is InChI=1S/C19H20ClN3O/c1-4-17(16-7-5-6-10-21-16)23(3)19(24)18-12(2)14-11-13(20)8-9-15(14)22-18/h5-11,17,22H,4H2,1-3H3. The number of aryl methyl sites for hydroxylation is 1. The van der Waals surface area contributed by atoms with E-state index in [2.05, 4.69) is 16.9 Å². The van der Waals surface area contributed by atoms with Crippen LogP contribution in [0.1, 0.15) is 41.1 Å². The molecule has 5 heteroatoms. The maximum absolute atomic E-state index is 13.0. The minimum Gasteiger partial charge on any atom is -0.350 e. The molecule has 1 atom stereocenters. The van der Waals surface area contributed by atoms with Gasteiger partial charge in [0.2, 0.25) is 0 Å². The monoisotopic (exact) mass is 341 g/mol. The number of hydrogen-bond acceptors (Lipinski definition) is 2. The summed E-state index contributed by atoms with van der Waals surface area (Å²) in [6.07, 6.45) is 2.55. The summed E-state index contributed by atoms with van der Waals surface area (Å²) in [6.45, 7) is 4.00. The van der Waals surface area contributed by atoms with E-state index in [-0.39, 0.29) is 11.9 Å². The summed E-state index contributed by atoms with van der Waals surface area (Å²) in [4.78, 5) is 22.4. The number of nitrogens with zero attached hydrogens (tertiary/aromatic N) is 2. The second-order valence-corrected chi connectivity index (χ2v) is 6.35. The topological polar surface area (TPSA) is 49.0 Å². The van der Waals surface area contributed by atoms with Gasteiger partial charge >= 0.3 is 0 Å². The maximum Gasteiger partial charge on any atom is 0.270 e. The summed E-state index contributed by atoms with van der Waals surface area (Å²) in [7, 11) is 1.82. The summed E-state index contributed by atoms with van der Waals surface area (Å²) in [5.74, 6) is -0.0441. The van der Waals surface area contributed by atoms with Gasteiger partial charge in [-0.3, -0.25) is 9.78 Å². The molecule has 0 aliphatic heterocycles. The van der Waals surface area contributed by atoms with Gasteiger partial charge in [0.1, 0.15) is 5.69 Å². The van der Waals surface area contributed by atoms with Crippen molar-refractivity contribution in [2.24, 2.45) is 0 Å². The molecule has 0 bridgehead atoms. The van der Waals surface area contributed by atoms with Crippen LogP contribution in [0.2, 0.25) is 5.02 Å². The number of benzene rings is 1. The molecule has 0 saturated heterocycles. The van der Waals surface area contributed by atoms with Crippen LogP contribution in [0.15, 0.2) is 42.6 Å². The van der Waals surface area contributed by atoms with Crippen LogP contribution >= 0.6 is 11.6 Å². The zero-order valence-electron chi connectivity index (χ0n) is 14.0. The first-order chi connectivity index (χ1) is 11.5. The van der Waals surface area contributed by atoms with E-state index in [0.29, 0.717) is 10.7 Å². The number of amides is 1. The quantitative estimate of drug-likeness (QED) is 0.744. The Morgan fingerprint density at radius 1 is 1.33 bits per heavy atom. The van der Waals surface area contributed by atoms with E-state index in [4.69, 9.17) is 11.6 Å². The molecule has 3 aromatic rings. The highest BCUT2D eigenvalue weighted by atomic mass is 35.5. The number of rotatable bonds is 4. The molecule has 1 N–H and O–H groups in total. The molecular weight excluding hydrogens is 322 g/mol. The van der Waals surface area contributed by atoms with E-state index in [0.717, 1.165) is 28.6 Å². The molecule has 0 aliphatic carbocycles. The lowest BCUT2D eigenvalue weighted by Gasteiger charge is -2.26. The molecule has 0 radical (unpaired) electrons. The molecule has 1 aromatic carbocycles. The molecule has 3 rings (SSSR count). The summed E-state index contributed by atoms with van der Waals surface area (Å²) in [5, 5.41) is 1.64. The Morgan fingerprint density at radius 2 is 2.12 bits per heavy atom. The van der Waals surface area contributed by atoms with Gasteiger partial charge in [-0.25, -0.2) is 0 Å². The maximum atomic E-state index is 13.0. The Bertz CT molecular complexity index is 873. The highest BCUT2D eigenvalue weighted by molar-refractivity contribution is 6.31. The van der Waals surface area contributed by atoms with E-state index in [1.165, 1.54) is 0 Å². The van der Waals surface area contributed by atoms with Crippen LogP contribution in [-0.2, 0) is 0 Å². The van der Waals surface area contributed by atoms with E-state index in [9.17, 15) is 4.79 Å². The molecule has 0 spiro atoms. The zero-order valence-corrected chi connectivity index (χ0v) is 14.8. The predicted molar refractivity (Wildman–Crippen MR) is 97.4 cm³/mol. The van der Waals surface area contributed by atoms with Crippen molar-refractivity contribution >= 4 is 28.4 Å². The average molecular weight is 342 g/mol. The fourth-order valence-corrected chi connectivity index (χ4v) is 3.26. The first kappa shape index (κ1) is 16.5. The summed E-state index contributed by atoms with van der Waals surface area (Å²) in [5.41, 5.74) is 3.33. The van der Waals surface area contributed by atoms with Crippen LogP contribution in [0.5, 0.6) is 0 Å². The van der Waals surface area contributed by atoms with Crippen LogP contribution in [0.4, 0.5) is 0 Å². The number of nitrogens with one attached hydrogen (secondary N) is 1. The van der Waals surface area contributed by atoms with Crippen molar-refractivity contribution in [3.63, 3.8) is 0 Å². The van der Waals surface area contributed by atoms with Crippen molar-refractivity contribution in [1.82, 2.24) is 14.9 Å². The Kier molecular flexibility index (Phi) is 4.58. The normalized spacial score (nSPS) is 12.3. The molecule has 2 aromatic heterocycles. The lowest BCUT2D eigenvalue weighted by molar-refractivity contribution is 0.0717. The number of hydrogen-bond donors (Lipinski definition) is 1. The van der Waals surface area contributed by atoms with Crippen LogP contribution in [0.3, 0.4) is 0 Å². The van der Waals surface area contributed by atoms with Crippen molar-refractivity contribution in [3.05, 3.63) is 64.6 Å². The van der Waals surface area contributed by atoms with Crippen LogP contribution in [0.25, 0.3) is 10.9 Å². The summed E-state index contributed by atoms with van der Waals surface area (Å²) >= 11 is 6.08. The zero-order chi connectivity index (χ0) is 17.3. The lowest BCUT2D eigenvalue weighted by atomic mass is 10.1. The van der Waals surface area contributed by atoms with Gasteiger partial charge in [-0.1, -0.05) is 24.6 Å². The van der Waals surface area contributed by atoms with Gasteiger partial charge in [-0.05, 0) is 49.2 Å². The van der Waals surface area contributed by atoms with Crippen LogP contribution < -0.4 is 0 Å². The number of aromatic nitrogens is 2. The van der Waals surface area contributed by atoms with Crippen LogP contribution in [0, 0.1) is 6.92 Å². The van der Waals surface area contributed by atoms with Gasteiger partial charge < -0.3 is 9.88 Å². The van der Waals surface area contributed by atoms with Crippen molar-refractivity contribution in [3.8, 4) is 0 Å². The Balaban J connectivity index is 1.97. The number of pyridine rings is 1. The second-order valence-electron chi connectivity index (χ2n) is 5.91. The fraction of sp³-hybridized carbons (Fsp3) is 0.263. The lowest BCUT2D eigenvalue weighted by Crippen LogP contribution is -2.32. The third-order valence-electron chi connectivity index (χ3n) is 4.44. The number of carbonyl (C=O) groups is 1. The Labute approximate surface area is 146 Å².